The molecule has 1 aromatic heterocycles. The number of carboxylic acid groups (broad SMARTS) is 1. The Bertz CT molecular complexity index is 1500. The highest BCUT2D eigenvalue weighted by Gasteiger charge is 2.31. The molecular weight excluding hydrogens is 549 g/mol. The molecule has 0 bridgehead atoms. The van der Waals surface area contributed by atoms with Crippen LogP contribution in [0.2, 0.25) is 5.02 Å². The Kier molecular flexibility index (Phi) is 7.75. The van der Waals surface area contributed by atoms with Gasteiger partial charge in [0.1, 0.15) is 5.75 Å². The van der Waals surface area contributed by atoms with Crippen molar-refractivity contribution in [1.29, 1.82) is 0 Å². The molecule has 1 fully saturated rings. The fourth-order valence-corrected chi connectivity index (χ4v) is 6.04. The summed E-state index contributed by atoms with van der Waals surface area (Å²) in [6.45, 7) is 2.97. The second-order valence-electron chi connectivity index (χ2n) is 9.62. The van der Waals surface area contributed by atoms with E-state index in [9.17, 15) is 23.1 Å². The van der Waals surface area contributed by atoms with Crippen LogP contribution in [0, 0.1) is 0 Å². The van der Waals surface area contributed by atoms with E-state index in [4.69, 9.17) is 16.3 Å². The average molecular weight is 575 g/mol. The average Bonchev–Trinajstić information content (AvgIpc) is 3.23. The molecule has 39 heavy (non-hydrogen) atoms. The lowest BCUT2D eigenvalue weighted by atomic mass is 10.00. The molecule has 0 atom stereocenters. The van der Waals surface area contributed by atoms with Gasteiger partial charge in [0.25, 0.3) is 5.92 Å². The van der Waals surface area contributed by atoms with Gasteiger partial charge in [-0.05, 0) is 61.0 Å². The van der Waals surface area contributed by atoms with E-state index < -0.39 is 11.9 Å². The van der Waals surface area contributed by atoms with Crippen molar-refractivity contribution in [2.75, 3.05) is 31.6 Å². The summed E-state index contributed by atoms with van der Waals surface area (Å²) in [5, 5.41) is 13.7. The van der Waals surface area contributed by atoms with Crippen LogP contribution >= 0.6 is 22.9 Å². The molecule has 3 aromatic carbocycles. The minimum Gasteiger partial charge on any atom is -0.478 e. The van der Waals surface area contributed by atoms with E-state index in [-0.39, 0.29) is 34.4 Å². The Balaban J connectivity index is 1.46. The highest BCUT2D eigenvalue weighted by Crippen LogP contribution is 2.50. The van der Waals surface area contributed by atoms with Gasteiger partial charge in [0.05, 0.1) is 23.2 Å². The van der Waals surface area contributed by atoms with Crippen LogP contribution in [-0.4, -0.2) is 48.3 Å². The third-order valence-electron chi connectivity index (χ3n) is 6.60. The predicted octanol–water partition coefficient (Wildman–Crippen LogP) is 8.28. The lowest BCUT2D eigenvalue weighted by Gasteiger charge is -2.40. The summed E-state index contributed by atoms with van der Waals surface area (Å²) in [7, 11) is 0. The molecule has 2 N–H and O–H groups in total. The summed E-state index contributed by atoms with van der Waals surface area (Å²) in [6, 6.07) is 16.6. The van der Waals surface area contributed by atoms with Crippen LogP contribution in [0.1, 0.15) is 29.3 Å². The number of ether oxygens (including phenoxy) is 1. The summed E-state index contributed by atoms with van der Waals surface area (Å²) in [6.07, 6.45) is 0.545. The Morgan fingerprint density at radius 1 is 1.15 bits per heavy atom. The van der Waals surface area contributed by atoms with Gasteiger partial charge in [-0.3, -0.25) is 9.29 Å². The van der Waals surface area contributed by atoms with Crippen molar-refractivity contribution in [2.45, 2.75) is 25.3 Å². The van der Waals surface area contributed by atoms with E-state index in [0.717, 1.165) is 32.2 Å². The standard InChI is InChI=1S/C29H26ClF3N2O3S/c1-29(32,33)24-14-18(30)4-10-22(24)27-26(23-9-3-17(28(36)37)13-25(23)39-27)38-21-7-5-19(6-8-21)34-20-15-35(16-20)12-2-11-31/h3-10,13-14,20,34H,2,11-12,15-16H2,1H3,(H,36,37). The number of benzene rings is 3. The number of halogens is 4. The molecule has 0 amide bonds. The number of thiophene rings is 1. The third kappa shape index (κ3) is 6.00. The number of rotatable bonds is 10. The molecule has 2 heterocycles. The van der Waals surface area contributed by atoms with E-state index in [2.05, 4.69) is 10.2 Å². The molecule has 4 aromatic rings. The maximum Gasteiger partial charge on any atom is 0.335 e. The first-order valence-corrected chi connectivity index (χ1v) is 13.6. The molecular formula is C29H26ClF3N2O3S. The van der Waals surface area contributed by atoms with Crippen LogP contribution in [0.4, 0.5) is 18.9 Å². The summed E-state index contributed by atoms with van der Waals surface area (Å²) < 4.78 is 48.5. The van der Waals surface area contributed by atoms with Gasteiger partial charge in [-0.25, -0.2) is 13.6 Å². The molecule has 5 rings (SSSR count). The van der Waals surface area contributed by atoms with Crippen molar-refractivity contribution < 1.29 is 27.8 Å². The largest absolute Gasteiger partial charge is 0.478 e. The van der Waals surface area contributed by atoms with Gasteiger partial charge in [0, 0.05) is 58.5 Å². The van der Waals surface area contributed by atoms with Gasteiger partial charge in [-0.1, -0.05) is 17.7 Å². The van der Waals surface area contributed by atoms with Crippen molar-refractivity contribution in [3.8, 4) is 21.9 Å². The Labute approximate surface area is 232 Å². The molecule has 0 spiro atoms. The smallest absolute Gasteiger partial charge is 0.335 e. The number of nitrogens with zero attached hydrogens (tertiary/aromatic N) is 1. The van der Waals surface area contributed by atoms with Crippen LogP contribution in [-0.2, 0) is 5.92 Å². The van der Waals surface area contributed by atoms with Crippen molar-refractivity contribution in [3.63, 3.8) is 0 Å². The second-order valence-corrected chi connectivity index (χ2v) is 11.1. The molecule has 0 radical (unpaired) electrons. The van der Waals surface area contributed by atoms with Gasteiger partial charge >= 0.3 is 5.97 Å². The molecule has 204 valence electrons. The fourth-order valence-electron chi connectivity index (χ4n) is 4.66. The maximum absolute atomic E-state index is 14.6. The fraction of sp³-hybridized carbons (Fsp3) is 0.276. The molecule has 10 heteroatoms. The zero-order valence-corrected chi connectivity index (χ0v) is 22.6. The number of carbonyl (C=O) groups is 1. The van der Waals surface area contributed by atoms with E-state index in [0.29, 0.717) is 32.9 Å². The summed E-state index contributed by atoms with van der Waals surface area (Å²) in [5.74, 6) is -3.39. The number of anilines is 1. The molecule has 1 aliphatic rings. The van der Waals surface area contributed by atoms with Gasteiger partial charge < -0.3 is 15.2 Å². The van der Waals surface area contributed by atoms with Crippen LogP contribution < -0.4 is 10.1 Å². The highest BCUT2D eigenvalue weighted by atomic mass is 35.5. The topological polar surface area (TPSA) is 61.8 Å². The number of aromatic carboxylic acids is 1. The maximum atomic E-state index is 14.6. The quantitative estimate of drug-likeness (QED) is 0.199. The van der Waals surface area contributed by atoms with Crippen LogP contribution in [0.15, 0.2) is 60.7 Å². The number of carboxylic acids is 1. The highest BCUT2D eigenvalue weighted by molar-refractivity contribution is 7.22. The minimum atomic E-state index is -3.17. The summed E-state index contributed by atoms with van der Waals surface area (Å²) >= 11 is 7.25. The van der Waals surface area contributed by atoms with Crippen molar-refractivity contribution in [3.05, 3.63) is 76.8 Å². The van der Waals surface area contributed by atoms with Crippen LogP contribution in [0.5, 0.6) is 11.5 Å². The zero-order chi connectivity index (χ0) is 27.7. The van der Waals surface area contributed by atoms with E-state index in [1.807, 2.05) is 12.1 Å². The number of nitrogens with one attached hydrogen (secondary N) is 1. The molecule has 0 aliphatic carbocycles. The number of hydrogen-bond acceptors (Lipinski definition) is 5. The molecule has 1 saturated heterocycles. The van der Waals surface area contributed by atoms with Gasteiger partial charge in [-0.2, -0.15) is 0 Å². The molecule has 0 unspecified atom stereocenters. The number of fused-ring (bicyclic) bond motifs is 1. The first-order chi connectivity index (χ1) is 18.6. The lowest BCUT2D eigenvalue weighted by Crippen LogP contribution is -2.54. The Morgan fingerprint density at radius 2 is 1.90 bits per heavy atom. The third-order valence-corrected chi connectivity index (χ3v) is 8.00. The summed E-state index contributed by atoms with van der Waals surface area (Å²) in [5.41, 5.74) is 1.02. The van der Waals surface area contributed by atoms with E-state index >= 15 is 0 Å². The van der Waals surface area contributed by atoms with Gasteiger partial charge in [-0.15, -0.1) is 11.3 Å². The summed E-state index contributed by atoms with van der Waals surface area (Å²) in [4.78, 5) is 14.2. The van der Waals surface area contributed by atoms with Gasteiger partial charge in [0.2, 0.25) is 0 Å². The van der Waals surface area contributed by atoms with Crippen LogP contribution in [0.25, 0.3) is 20.5 Å². The monoisotopic (exact) mass is 574 g/mol. The normalized spacial score (nSPS) is 14.4. The molecule has 1 aliphatic heterocycles. The molecule has 5 nitrogen and oxygen atoms in total. The SMILES string of the molecule is CC(F)(F)c1cc(Cl)ccc1-c1sc2cc(C(=O)O)ccc2c1Oc1ccc(NC2CN(CCCF)C2)cc1. The van der Waals surface area contributed by atoms with Crippen molar-refractivity contribution in [2.24, 2.45) is 0 Å². The van der Waals surface area contributed by atoms with E-state index in [1.165, 1.54) is 35.6 Å². The minimum absolute atomic E-state index is 0.0914. The predicted molar refractivity (Wildman–Crippen MR) is 150 cm³/mol. The Hall–Kier alpha value is -3.27. The number of alkyl halides is 3. The van der Waals surface area contributed by atoms with Crippen molar-refractivity contribution in [1.82, 2.24) is 4.90 Å². The van der Waals surface area contributed by atoms with Crippen molar-refractivity contribution >= 4 is 44.7 Å². The number of likely N-dealkylation sites (tertiary alicyclic amines) is 1. The first kappa shape index (κ1) is 27.3. The van der Waals surface area contributed by atoms with Crippen LogP contribution in [0.3, 0.4) is 0 Å². The Morgan fingerprint density at radius 3 is 2.56 bits per heavy atom. The zero-order valence-electron chi connectivity index (χ0n) is 21.0. The first-order valence-electron chi connectivity index (χ1n) is 12.4. The lowest BCUT2D eigenvalue weighted by molar-refractivity contribution is 0.0181. The van der Waals surface area contributed by atoms with E-state index in [1.54, 1.807) is 24.3 Å². The number of hydrogen-bond donors (Lipinski definition) is 2. The van der Waals surface area contributed by atoms with Gasteiger partial charge in [0.15, 0.2) is 5.75 Å². The molecule has 0 saturated carbocycles. The second kappa shape index (κ2) is 11.1.